The van der Waals surface area contributed by atoms with Crippen LogP contribution in [0.4, 0.5) is 9.18 Å². The molecule has 1 spiro atoms. The molecule has 2 fully saturated rings. The first-order chi connectivity index (χ1) is 14.6. The monoisotopic (exact) mass is 431 g/mol. The normalized spacial score (nSPS) is 20.3. The van der Waals surface area contributed by atoms with Crippen LogP contribution in [0.1, 0.15) is 23.3 Å². The van der Waals surface area contributed by atoms with Crippen LogP contribution < -0.4 is 10.6 Å². The van der Waals surface area contributed by atoms with E-state index in [9.17, 15) is 14.0 Å². The number of urea groups is 1. The molecule has 8 heteroatoms. The van der Waals surface area contributed by atoms with Crippen LogP contribution in [0.2, 0.25) is 0 Å². The number of likely N-dealkylation sites (tertiary alicyclic amines) is 1. The SMILES string of the molecule is O=C(NCc1cccs1)[C@@H]1CN(C(=O)NCc2cccc(F)c2)CC12CCOCC2. The lowest BCUT2D eigenvalue weighted by Crippen LogP contribution is -2.44. The van der Waals surface area contributed by atoms with Gasteiger partial charge in [0.1, 0.15) is 5.82 Å². The maximum atomic E-state index is 13.4. The highest BCUT2D eigenvalue weighted by Crippen LogP contribution is 2.44. The molecule has 4 rings (SSSR count). The van der Waals surface area contributed by atoms with E-state index in [-0.39, 0.29) is 35.6 Å². The number of amides is 3. The first-order valence-corrected chi connectivity index (χ1v) is 11.1. The molecular formula is C22H26FN3O3S. The first-order valence-electron chi connectivity index (χ1n) is 10.2. The van der Waals surface area contributed by atoms with Gasteiger partial charge < -0.3 is 20.3 Å². The third-order valence-electron chi connectivity index (χ3n) is 6.09. The Bertz CT molecular complexity index is 884. The van der Waals surface area contributed by atoms with Crippen LogP contribution in [0.3, 0.4) is 0 Å². The van der Waals surface area contributed by atoms with Gasteiger partial charge in [-0.3, -0.25) is 4.79 Å². The molecule has 0 unspecified atom stereocenters. The summed E-state index contributed by atoms with van der Waals surface area (Å²) < 4.78 is 18.9. The predicted octanol–water partition coefficient (Wildman–Crippen LogP) is 3.14. The molecule has 2 N–H and O–H groups in total. The predicted molar refractivity (Wildman–Crippen MR) is 112 cm³/mol. The number of hydrogen-bond donors (Lipinski definition) is 2. The van der Waals surface area contributed by atoms with Crippen molar-refractivity contribution in [3.05, 3.63) is 58.0 Å². The largest absolute Gasteiger partial charge is 0.381 e. The lowest BCUT2D eigenvalue weighted by atomic mass is 9.72. The van der Waals surface area contributed by atoms with Crippen LogP contribution >= 0.6 is 11.3 Å². The van der Waals surface area contributed by atoms with Crippen LogP contribution in [0.25, 0.3) is 0 Å². The van der Waals surface area contributed by atoms with E-state index >= 15 is 0 Å². The Labute approximate surface area is 179 Å². The van der Waals surface area contributed by atoms with E-state index in [1.807, 2.05) is 17.5 Å². The van der Waals surface area contributed by atoms with Crippen molar-refractivity contribution < 1.29 is 18.7 Å². The standard InChI is InChI=1S/C22H26FN3O3S/c23-17-4-1-3-16(11-17)12-25-21(28)26-14-19(22(15-26)6-8-29-9-7-22)20(27)24-13-18-5-2-10-30-18/h1-5,10-11,19H,6-9,12-15H2,(H,24,27)(H,25,28)/t19-/m0/s1. The fourth-order valence-electron chi connectivity index (χ4n) is 4.42. The highest BCUT2D eigenvalue weighted by Gasteiger charge is 2.51. The Kier molecular flexibility index (Phi) is 6.34. The van der Waals surface area contributed by atoms with Gasteiger partial charge in [-0.1, -0.05) is 18.2 Å². The summed E-state index contributed by atoms with van der Waals surface area (Å²) in [7, 11) is 0. The van der Waals surface area contributed by atoms with Crippen molar-refractivity contribution in [1.82, 2.24) is 15.5 Å². The molecule has 0 radical (unpaired) electrons. The number of nitrogens with one attached hydrogen (secondary N) is 2. The minimum atomic E-state index is -0.327. The van der Waals surface area contributed by atoms with Crippen molar-refractivity contribution >= 4 is 23.3 Å². The zero-order valence-corrected chi connectivity index (χ0v) is 17.6. The summed E-state index contributed by atoms with van der Waals surface area (Å²) in [5.74, 6) is -0.599. The van der Waals surface area contributed by atoms with Crippen LogP contribution in [0.5, 0.6) is 0 Å². The first kappa shape index (κ1) is 20.8. The molecule has 1 atom stereocenters. The number of halogens is 1. The van der Waals surface area contributed by atoms with Gasteiger partial charge in [0.15, 0.2) is 0 Å². The minimum Gasteiger partial charge on any atom is -0.381 e. The minimum absolute atomic E-state index is 0.00858. The van der Waals surface area contributed by atoms with Gasteiger partial charge in [0.25, 0.3) is 0 Å². The maximum Gasteiger partial charge on any atom is 0.317 e. The second-order valence-corrected chi connectivity index (χ2v) is 9.03. The number of nitrogens with zero attached hydrogens (tertiary/aromatic N) is 1. The molecule has 3 amide bonds. The summed E-state index contributed by atoms with van der Waals surface area (Å²) >= 11 is 1.61. The van der Waals surface area contributed by atoms with Crippen molar-refractivity contribution in [2.24, 2.45) is 11.3 Å². The fourth-order valence-corrected chi connectivity index (χ4v) is 5.06. The lowest BCUT2D eigenvalue weighted by molar-refractivity contribution is -0.130. The molecule has 0 bridgehead atoms. The van der Waals surface area contributed by atoms with Gasteiger partial charge in [-0.2, -0.15) is 0 Å². The number of carbonyl (C=O) groups excluding carboxylic acids is 2. The van der Waals surface area contributed by atoms with Gasteiger partial charge >= 0.3 is 6.03 Å². The van der Waals surface area contributed by atoms with Crippen molar-refractivity contribution in [1.29, 1.82) is 0 Å². The van der Waals surface area contributed by atoms with E-state index in [1.54, 1.807) is 28.4 Å². The third kappa shape index (κ3) is 4.65. The summed E-state index contributed by atoms with van der Waals surface area (Å²) in [6.07, 6.45) is 1.52. The van der Waals surface area contributed by atoms with Crippen molar-refractivity contribution in [2.75, 3.05) is 26.3 Å². The zero-order chi connectivity index (χ0) is 21.0. The summed E-state index contributed by atoms with van der Waals surface area (Å²) in [5.41, 5.74) is 0.446. The van der Waals surface area contributed by atoms with Crippen LogP contribution in [-0.4, -0.2) is 43.1 Å². The second kappa shape index (κ2) is 9.14. The van der Waals surface area contributed by atoms with Crippen LogP contribution in [0.15, 0.2) is 41.8 Å². The van der Waals surface area contributed by atoms with Crippen LogP contribution in [0, 0.1) is 17.2 Å². The van der Waals surface area contributed by atoms with E-state index in [0.717, 1.165) is 17.7 Å². The highest BCUT2D eigenvalue weighted by atomic mass is 32.1. The number of hydrogen-bond acceptors (Lipinski definition) is 4. The van der Waals surface area contributed by atoms with Crippen molar-refractivity contribution in [3.8, 4) is 0 Å². The molecule has 2 aliphatic heterocycles. The van der Waals surface area contributed by atoms with E-state index < -0.39 is 0 Å². The Balaban J connectivity index is 1.40. The van der Waals surface area contributed by atoms with Gasteiger partial charge in [-0.25, -0.2) is 9.18 Å². The Morgan fingerprint density at radius 3 is 2.73 bits per heavy atom. The van der Waals surface area contributed by atoms with Gasteiger partial charge in [0.05, 0.1) is 12.5 Å². The lowest BCUT2D eigenvalue weighted by Gasteiger charge is -2.37. The molecule has 3 heterocycles. The van der Waals surface area contributed by atoms with Gasteiger partial charge in [-0.05, 0) is 42.0 Å². The zero-order valence-electron chi connectivity index (χ0n) is 16.7. The average Bonchev–Trinajstić information content (AvgIpc) is 3.39. The molecule has 0 saturated carbocycles. The number of carbonyl (C=O) groups is 2. The van der Waals surface area contributed by atoms with Gasteiger partial charge in [-0.15, -0.1) is 11.3 Å². The number of ether oxygens (including phenoxy) is 1. The number of benzene rings is 1. The molecule has 2 aromatic rings. The molecule has 1 aromatic heterocycles. The average molecular weight is 432 g/mol. The van der Waals surface area contributed by atoms with E-state index in [4.69, 9.17) is 4.74 Å². The van der Waals surface area contributed by atoms with Gasteiger partial charge in [0, 0.05) is 43.1 Å². The topological polar surface area (TPSA) is 70.7 Å². The molecule has 160 valence electrons. The smallest absolute Gasteiger partial charge is 0.317 e. The fraction of sp³-hybridized carbons (Fsp3) is 0.455. The van der Waals surface area contributed by atoms with Crippen molar-refractivity contribution in [3.63, 3.8) is 0 Å². The summed E-state index contributed by atoms with van der Waals surface area (Å²) in [5, 5.41) is 7.90. The van der Waals surface area contributed by atoms with E-state index in [1.165, 1.54) is 12.1 Å². The molecule has 6 nitrogen and oxygen atoms in total. The van der Waals surface area contributed by atoms with Crippen molar-refractivity contribution in [2.45, 2.75) is 25.9 Å². The molecular weight excluding hydrogens is 405 g/mol. The molecule has 2 aliphatic rings. The van der Waals surface area contributed by atoms with E-state index in [2.05, 4.69) is 10.6 Å². The Hall–Kier alpha value is -2.45. The van der Waals surface area contributed by atoms with Gasteiger partial charge in [0.2, 0.25) is 5.91 Å². The number of thiophene rings is 1. The van der Waals surface area contributed by atoms with Crippen LogP contribution in [-0.2, 0) is 22.6 Å². The summed E-state index contributed by atoms with van der Waals surface area (Å²) in [6.45, 7) is 2.87. The molecule has 1 aromatic carbocycles. The summed E-state index contributed by atoms with van der Waals surface area (Å²) in [6, 6.07) is 9.91. The Morgan fingerprint density at radius 1 is 1.17 bits per heavy atom. The quantitative estimate of drug-likeness (QED) is 0.764. The maximum absolute atomic E-state index is 13.4. The second-order valence-electron chi connectivity index (χ2n) is 7.99. The van der Waals surface area contributed by atoms with E-state index in [0.29, 0.717) is 38.4 Å². The molecule has 30 heavy (non-hydrogen) atoms. The molecule has 2 saturated heterocycles. The Morgan fingerprint density at radius 2 is 2.00 bits per heavy atom. The highest BCUT2D eigenvalue weighted by molar-refractivity contribution is 7.09. The number of rotatable bonds is 5. The summed E-state index contributed by atoms with van der Waals surface area (Å²) in [4.78, 5) is 28.7. The third-order valence-corrected chi connectivity index (χ3v) is 6.97. The molecule has 0 aliphatic carbocycles.